The van der Waals surface area contributed by atoms with E-state index in [1.165, 1.54) is 12.8 Å². The molecule has 1 aromatic carbocycles. The molecule has 1 aliphatic heterocycles. The lowest BCUT2D eigenvalue weighted by Gasteiger charge is -2.34. The first kappa shape index (κ1) is 14.0. The Morgan fingerprint density at radius 1 is 1.19 bits per heavy atom. The summed E-state index contributed by atoms with van der Waals surface area (Å²) in [6, 6.07) is 5.51. The number of rotatable bonds is 2. The molecule has 1 saturated carbocycles. The van der Waals surface area contributed by atoms with Gasteiger partial charge in [0.1, 0.15) is 0 Å². The Bertz CT molecular complexity index is 532. The van der Waals surface area contributed by atoms with Crippen molar-refractivity contribution in [3.63, 3.8) is 0 Å². The summed E-state index contributed by atoms with van der Waals surface area (Å²) in [4.78, 5) is 12.1. The van der Waals surface area contributed by atoms with Gasteiger partial charge in [-0.15, -0.1) is 0 Å². The molecule has 1 heterocycles. The number of ether oxygens (including phenoxy) is 2. The Morgan fingerprint density at radius 3 is 2.86 bits per heavy atom. The normalized spacial score (nSPS) is 27.2. The number of hydrogen-bond acceptors (Lipinski definition) is 3. The van der Waals surface area contributed by atoms with E-state index in [0.717, 1.165) is 12.2 Å². The van der Waals surface area contributed by atoms with Gasteiger partial charge >= 0.3 is 6.03 Å². The molecule has 0 spiro atoms. The number of hydrogen-bond donors (Lipinski definition) is 2. The topological polar surface area (TPSA) is 59.6 Å². The number of carbonyl (C=O) groups excluding carboxylic acids is 1. The molecule has 1 aromatic rings. The molecular weight excluding hydrogens is 268 g/mol. The second kappa shape index (κ2) is 5.84. The summed E-state index contributed by atoms with van der Waals surface area (Å²) < 4.78 is 10.6. The maximum atomic E-state index is 12.1. The van der Waals surface area contributed by atoms with Crippen molar-refractivity contribution in [2.75, 3.05) is 12.1 Å². The SMILES string of the molecule is C[C@@H]1[C@H](C)CCC[C@H]1NC(=O)Nc1ccc2c(c1)OCO2. The molecular formula is C16H22N2O3. The second-order valence-corrected chi connectivity index (χ2v) is 6.04. The lowest BCUT2D eigenvalue weighted by Crippen LogP contribution is -2.45. The predicted octanol–water partition coefficient (Wildman–Crippen LogP) is 3.36. The molecule has 1 fully saturated rings. The van der Waals surface area contributed by atoms with Gasteiger partial charge in [0.15, 0.2) is 11.5 Å². The molecule has 2 N–H and O–H groups in total. The molecule has 1 aliphatic carbocycles. The number of anilines is 1. The van der Waals surface area contributed by atoms with Gasteiger partial charge in [-0.2, -0.15) is 0 Å². The van der Waals surface area contributed by atoms with Gasteiger partial charge in [-0.25, -0.2) is 4.79 Å². The standard InChI is InChI=1S/C16H22N2O3/c1-10-4-3-5-13(11(10)2)18-16(19)17-12-6-7-14-15(8-12)21-9-20-14/h6-8,10-11,13H,3-5,9H2,1-2H3,(H2,17,18,19)/t10-,11-,13-/m1/s1. The fourth-order valence-electron chi connectivity index (χ4n) is 3.10. The van der Waals surface area contributed by atoms with Crippen LogP contribution in [0.25, 0.3) is 0 Å². The Hall–Kier alpha value is -1.91. The van der Waals surface area contributed by atoms with Crippen LogP contribution in [0.4, 0.5) is 10.5 Å². The van der Waals surface area contributed by atoms with E-state index < -0.39 is 0 Å². The summed E-state index contributed by atoms with van der Waals surface area (Å²) in [5.74, 6) is 2.57. The number of urea groups is 1. The lowest BCUT2D eigenvalue weighted by molar-refractivity contribution is 0.174. The highest BCUT2D eigenvalue weighted by molar-refractivity contribution is 5.89. The predicted molar refractivity (Wildman–Crippen MR) is 80.7 cm³/mol. The van der Waals surface area contributed by atoms with Crippen LogP contribution in [0.15, 0.2) is 18.2 Å². The van der Waals surface area contributed by atoms with E-state index in [-0.39, 0.29) is 18.9 Å². The van der Waals surface area contributed by atoms with Crippen LogP contribution in [0, 0.1) is 11.8 Å². The fraction of sp³-hybridized carbons (Fsp3) is 0.562. The highest BCUT2D eigenvalue weighted by atomic mass is 16.7. The van der Waals surface area contributed by atoms with E-state index in [0.29, 0.717) is 23.3 Å². The zero-order valence-electron chi connectivity index (χ0n) is 12.5. The molecule has 0 radical (unpaired) electrons. The van der Waals surface area contributed by atoms with Gasteiger partial charge in [-0.3, -0.25) is 0 Å². The molecule has 5 heteroatoms. The van der Waals surface area contributed by atoms with E-state index in [1.807, 2.05) is 12.1 Å². The molecule has 2 aliphatic rings. The largest absolute Gasteiger partial charge is 0.454 e. The third-order valence-corrected chi connectivity index (χ3v) is 4.65. The van der Waals surface area contributed by atoms with Crippen LogP contribution in [-0.2, 0) is 0 Å². The number of fused-ring (bicyclic) bond motifs is 1. The smallest absolute Gasteiger partial charge is 0.319 e. The van der Waals surface area contributed by atoms with Gasteiger partial charge in [-0.1, -0.05) is 26.7 Å². The summed E-state index contributed by atoms with van der Waals surface area (Å²) >= 11 is 0. The summed E-state index contributed by atoms with van der Waals surface area (Å²) in [5, 5.41) is 5.96. The van der Waals surface area contributed by atoms with Gasteiger partial charge in [0.2, 0.25) is 6.79 Å². The third-order valence-electron chi connectivity index (χ3n) is 4.65. The monoisotopic (exact) mass is 290 g/mol. The van der Waals surface area contributed by atoms with Crippen molar-refractivity contribution >= 4 is 11.7 Å². The minimum Gasteiger partial charge on any atom is -0.454 e. The van der Waals surface area contributed by atoms with Crippen molar-refractivity contribution in [2.45, 2.75) is 39.2 Å². The first-order chi connectivity index (χ1) is 10.1. The maximum absolute atomic E-state index is 12.1. The molecule has 0 aromatic heterocycles. The molecule has 3 atom stereocenters. The quantitative estimate of drug-likeness (QED) is 0.878. The molecule has 0 saturated heterocycles. The zero-order chi connectivity index (χ0) is 14.8. The Morgan fingerprint density at radius 2 is 2.00 bits per heavy atom. The minimum absolute atomic E-state index is 0.153. The fourth-order valence-corrected chi connectivity index (χ4v) is 3.10. The molecule has 3 rings (SSSR count). The summed E-state index contributed by atoms with van der Waals surface area (Å²) in [7, 11) is 0. The van der Waals surface area contributed by atoms with E-state index in [2.05, 4.69) is 24.5 Å². The molecule has 114 valence electrons. The zero-order valence-corrected chi connectivity index (χ0v) is 12.5. The van der Waals surface area contributed by atoms with Gasteiger partial charge in [-0.05, 0) is 30.4 Å². The number of nitrogens with one attached hydrogen (secondary N) is 2. The highest BCUT2D eigenvalue weighted by Gasteiger charge is 2.28. The number of carbonyl (C=O) groups is 1. The molecule has 2 amide bonds. The second-order valence-electron chi connectivity index (χ2n) is 6.04. The summed E-state index contributed by atoms with van der Waals surface area (Å²) in [5.41, 5.74) is 0.716. The van der Waals surface area contributed by atoms with Crippen LogP contribution in [-0.4, -0.2) is 18.9 Å². The Kier molecular flexibility index (Phi) is 3.90. The van der Waals surface area contributed by atoms with Gasteiger partial charge in [0.05, 0.1) is 0 Å². The minimum atomic E-state index is -0.153. The van der Waals surface area contributed by atoms with E-state index in [1.54, 1.807) is 6.07 Å². The van der Waals surface area contributed by atoms with Gasteiger partial charge in [0.25, 0.3) is 0 Å². The van der Waals surface area contributed by atoms with E-state index in [9.17, 15) is 4.79 Å². The third kappa shape index (κ3) is 3.06. The van der Waals surface area contributed by atoms with Crippen LogP contribution in [0.3, 0.4) is 0 Å². The van der Waals surface area contributed by atoms with Crippen molar-refractivity contribution in [1.29, 1.82) is 0 Å². The van der Waals surface area contributed by atoms with E-state index >= 15 is 0 Å². The summed E-state index contributed by atoms with van der Waals surface area (Å²) in [6.07, 6.45) is 3.49. The maximum Gasteiger partial charge on any atom is 0.319 e. The number of benzene rings is 1. The van der Waals surface area contributed by atoms with Gasteiger partial charge < -0.3 is 20.1 Å². The summed E-state index contributed by atoms with van der Waals surface area (Å²) in [6.45, 7) is 4.71. The van der Waals surface area contributed by atoms with E-state index in [4.69, 9.17) is 9.47 Å². The van der Waals surface area contributed by atoms with Crippen molar-refractivity contribution in [1.82, 2.24) is 5.32 Å². The molecule has 0 bridgehead atoms. The average Bonchev–Trinajstić information content (AvgIpc) is 2.91. The van der Waals surface area contributed by atoms with Crippen molar-refractivity contribution in [2.24, 2.45) is 11.8 Å². The first-order valence-corrected chi connectivity index (χ1v) is 7.60. The van der Waals surface area contributed by atoms with Crippen molar-refractivity contribution in [3.05, 3.63) is 18.2 Å². The van der Waals surface area contributed by atoms with Crippen LogP contribution in [0.2, 0.25) is 0 Å². The first-order valence-electron chi connectivity index (χ1n) is 7.60. The van der Waals surface area contributed by atoms with Crippen molar-refractivity contribution < 1.29 is 14.3 Å². The lowest BCUT2D eigenvalue weighted by atomic mass is 9.78. The van der Waals surface area contributed by atoms with Crippen LogP contribution >= 0.6 is 0 Å². The average molecular weight is 290 g/mol. The molecule has 5 nitrogen and oxygen atoms in total. The van der Waals surface area contributed by atoms with Crippen molar-refractivity contribution in [3.8, 4) is 11.5 Å². The van der Waals surface area contributed by atoms with Crippen LogP contribution < -0.4 is 20.1 Å². The highest BCUT2D eigenvalue weighted by Crippen LogP contribution is 2.34. The molecule has 0 unspecified atom stereocenters. The van der Waals surface area contributed by atoms with Gasteiger partial charge in [0, 0.05) is 17.8 Å². The van der Waals surface area contributed by atoms with Crippen LogP contribution in [0.1, 0.15) is 33.1 Å². The number of amides is 2. The molecule has 21 heavy (non-hydrogen) atoms. The Labute approximate surface area is 125 Å². The van der Waals surface area contributed by atoms with Crippen LogP contribution in [0.5, 0.6) is 11.5 Å². The Balaban J connectivity index is 1.59.